The minimum Gasteiger partial charge on any atom is -0.478 e. The highest BCUT2D eigenvalue weighted by Gasteiger charge is 2.30. The first-order valence-corrected chi connectivity index (χ1v) is 12.4. The zero-order valence-electron chi connectivity index (χ0n) is 18.9. The molecule has 1 aliphatic rings. The SMILES string of the molecule is CCOC(=O)C1CCCN(c2ncc(C(=O)O)cc2NS(=O)(=O)c2ccc(C(C)C)cc2)C1. The standard InChI is InChI=1S/C23H29N3O6S/c1-4-32-23(29)17-6-5-11-26(14-17)21-20(12-18(13-24-21)22(27)28)25-33(30,31)19-9-7-16(8-10-19)15(2)3/h7-10,12-13,15,17,25H,4-6,11,14H2,1-3H3,(H,27,28). The molecular weight excluding hydrogens is 446 g/mol. The van der Waals surface area contributed by atoms with E-state index >= 15 is 0 Å². The van der Waals surface area contributed by atoms with Crippen molar-refractivity contribution in [2.24, 2.45) is 5.92 Å². The van der Waals surface area contributed by atoms with E-state index in [0.717, 1.165) is 5.56 Å². The molecule has 2 heterocycles. The largest absolute Gasteiger partial charge is 0.478 e. The zero-order valence-corrected chi connectivity index (χ0v) is 19.8. The highest BCUT2D eigenvalue weighted by molar-refractivity contribution is 7.92. The van der Waals surface area contributed by atoms with Crippen LogP contribution in [0, 0.1) is 5.92 Å². The van der Waals surface area contributed by atoms with Gasteiger partial charge in [0.25, 0.3) is 10.0 Å². The number of rotatable bonds is 8. The van der Waals surface area contributed by atoms with Crippen molar-refractivity contribution in [1.29, 1.82) is 0 Å². The number of pyridine rings is 1. The number of hydrogen-bond donors (Lipinski definition) is 2. The van der Waals surface area contributed by atoms with E-state index in [4.69, 9.17) is 4.74 Å². The lowest BCUT2D eigenvalue weighted by atomic mass is 9.98. The number of sulfonamides is 1. The van der Waals surface area contributed by atoms with Gasteiger partial charge in [0, 0.05) is 19.3 Å². The van der Waals surface area contributed by atoms with Crippen molar-refractivity contribution in [3.8, 4) is 0 Å². The number of nitrogens with one attached hydrogen (secondary N) is 1. The van der Waals surface area contributed by atoms with Crippen LogP contribution in [0.4, 0.5) is 11.5 Å². The molecule has 3 rings (SSSR count). The highest BCUT2D eigenvalue weighted by atomic mass is 32.2. The molecular formula is C23H29N3O6S. The van der Waals surface area contributed by atoms with Gasteiger partial charge in [0.1, 0.15) is 0 Å². The molecule has 1 aromatic heterocycles. The summed E-state index contributed by atoms with van der Waals surface area (Å²) in [5.74, 6) is -1.37. The summed E-state index contributed by atoms with van der Waals surface area (Å²) in [6, 6.07) is 7.78. The van der Waals surface area contributed by atoms with Crippen molar-refractivity contribution in [2.45, 2.75) is 44.4 Å². The third-order valence-corrected chi connectivity index (χ3v) is 6.94. The molecule has 1 aliphatic heterocycles. The van der Waals surface area contributed by atoms with Crippen LogP contribution in [0.1, 0.15) is 55.5 Å². The lowest BCUT2D eigenvalue weighted by Crippen LogP contribution is -2.40. The van der Waals surface area contributed by atoms with Gasteiger partial charge in [-0.15, -0.1) is 0 Å². The second kappa shape index (κ2) is 10.2. The maximum absolute atomic E-state index is 13.1. The first-order valence-electron chi connectivity index (χ1n) is 10.9. The van der Waals surface area contributed by atoms with Crippen molar-refractivity contribution in [3.05, 3.63) is 47.7 Å². The van der Waals surface area contributed by atoms with E-state index in [0.29, 0.717) is 25.9 Å². The molecule has 0 bridgehead atoms. The van der Waals surface area contributed by atoms with Crippen LogP contribution in [-0.4, -0.2) is 50.1 Å². The molecule has 0 amide bonds. The third kappa shape index (κ3) is 5.81. The average Bonchev–Trinajstić information content (AvgIpc) is 2.79. The Morgan fingerprint density at radius 2 is 1.97 bits per heavy atom. The predicted octanol–water partition coefficient (Wildman–Crippen LogP) is 3.48. The molecule has 2 aromatic rings. The molecule has 10 heteroatoms. The van der Waals surface area contributed by atoms with E-state index in [1.807, 2.05) is 13.8 Å². The topological polar surface area (TPSA) is 126 Å². The Balaban J connectivity index is 1.94. The number of carboxylic acids is 1. The Hall–Kier alpha value is -3.14. The fourth-order valence-corrected chi connectivity index (χ4v) is 4.81. The Morgan fingerprint density at radius 1 is 1.27 bits per heavy atom. The number of aromatic nitrogens is 1. The lowest BCUT2D eigenvalue weighted by Gasteiger charge is -2.33. The van der Waals surface area contributed by atoms with Crippen molar-refractivity contribution in [3.63, 3.8) is 0 Å². The molecule has 1 aromatic carbocycles. The molecule has 1 fully saturated rings. The number of piperidine rings is 1. The molecule has 2 N–H and O–H groups in total. The summed E-state index contributed by atoms with van der Waals surface area (Å²) in [7, 11) is -4.00. The first kappa shape index (κ1) is 24.5. The number of carbonyl (C=O) groups is 2. The van der Waals surface area contributed by atoms with Crippen LogP contribution in [0.3, 0.4) is 0 Å². The number of hydrogen-bond acceptors (Lipinski definition) is 7. The quantitative estimate of drug-likeness (QED) is 0.556. The van der Waals surface area contributed by atoms with E-state index in [2.05, 4.69) is 9.71 Å². The number of aromatic carboxylic acids is 1. The lowest BCUT2D eigenvalue weighted by molar-refractivity contribution is -0.148. The van der Waals surface area contributed by atoms with Crippen molar-refractivity contribution in [1.82, 2.24) is 4.98 Å². The maximum Gasteiger partial charge on any atom is 0.337 e. The summed E-state index contributed by atoms with van der Waals surface area (Å²) in [6.45, 7) is 6.90. The van der Waals surface area contributed by atoms with Gasteiger partial charge in [-0.25, -0.2) is 18.2 Å². The normalized spacial score (nSPS) is 16.5. The minimum atomic E-state index is -4.00. The van der Waals surface area contributed by atoms with E-state index in [-0.39, 0.29) is 46.4 Å². The van der Waals surface area contributed by atoms with E-state index < -0.39 is 16.0 Å². The molecule has 0 radical (unpaired) electrons. The van der Waals surface area contributed by atoms with Gasteiger partial charge < -0.3 is 14.7 Å². The van der Waals surface area contributed by atoms with Crippen LogP contribution in [0.2, 0.25) is 0 Å². The van der Waals surface area contributed by atoms with Crippen LogP contribution in [0.5, 0.6) is 0 Å². The number of esters is 1. The van der Waals surface area contributed by atoms with Crippen LogP contribution in [0.25, 0.3) is 0 Å². The molecule has 1 atom stereocenters. The summed E-state index contributed by atoms with van der Waals surface area (Å²) in [6.07, 6.45) is 2.53. The van der Waals surface area contributed by atoms with E-state index in [9.17, 15) is 23.1 Å². The Bertz CT molecular complexity index is 1120. The average molecular weight is 476 g/mol. The molecule has 0 spiro atoms. The van der Waals surface area contributed by atoms with Gasteiger partial charge in [-0.2, -0.15) is 0 Å². The second-order valence-corrected chi connectivity index (χ2v) is 9.95. The highest BCUT2D eigenvalue weighted by Crippen LogP contribution is 2.31. The summed E-state index contributed by atoms with van der Waals surface area (Å²) in [4.78, 5) is 29.8. The molecule has 0 saturated carbocycles. The first-order chi connectivity index (χ1) is 15.6. The monoisotopic (exact) mass is 475 g/mol. The van der Waals surface area contributed by atoms with Crippen LogP contribution < -0.4 is 9.62 Å². The Kier molecular flexibility index (Phi) is 7.57. The number of carbonyl (C=O) groups excluding carboxylic acids is 1. The van der Waals surface area contributed by atoms with Crippen molar-refractivity contribution in [2.75, 3.05) is 29.3 Å². The van der Waals surface area contributed by atoms with Gasteiger partial charge in [0.15, 0.2) is 5.82 Å². The minimum absolute atomic E-state index is 0.0485. The number of nitrogens with zero attached hydrogens (tertiary/aromatic N) is 2. The smallest absolute Gasteiger partial charge is 0.337 e. The molecule has 1 unspecified atom stereocenters. The van der Waals surface area contributed by atoms with Gasteiger partial charge in [-0.3, -0.25) is 9.52 Å². The van der Waals surface area contributed by atoms with Gasteiger partial charge >= 0.3 is 11.9 Å². The van der Waals surface area contributed by atoms with Gasteiger partial charge in [-0.1, -0.05) is 26.0 Å². The fraction of sp³-hybridized carbons (Fsp3) is 0.435. The van der Waals surface area contributed by atoms with E-state index in [1.165, 1.54) is 24.4 Å². The number of benzene rings is 1. The summed E-state index contributed by atoms with van der Waals surface area (Å²) in [5.41, 5.74) is 0.903. The zero-order chi connectivity index (χ0) is 24.2. The fourth-order valence-electron chi connectivity index (χ4n) is 3.76. The van der Waals surface area contributed by atoms with E-state index in [1.54, 1.807) is 24.0 Å². The molecule has 9 nitrogen and oxygen atoms in total. The number of carboxylic acid groups (broad SMARTS) is 1. The molecule has 1 saturated heterocycles. The Labute approximate surface area is 193 Å². The number of anilines is 2. The van der Waals surface area contributed by atoms with Gasteiger partial charge in [-0.05, 0) is 49.4 Å². The Morgan fingerprint density at radius 3 is 2.58 bits per heavy atom. The van der Waals surface area contributed by atoms with Crippen LogP contribution >= 0.6 is 0 Å². The molecule has 178 valence electrons. The number of ether oxygens (including phenoxy) is 1. The summed E-state index contributed by atoms with van der Waals surface area (Å²) in [5, 5.41) is 9.39. The molecule has 0 aliphatic carbocycles. The summed E-state index contributed by atoms with van der Waals surface area (Å²) < 4.78 is 33.8. The second-order valence-electron chi connectivity index (χ2n) is 8.27. The predicted molar refractivity (Wildman–Crippen MR) is 124 cm³/mol. The van der Waals surface area contributed by atoms with Crippen LogP contribution in [0.15, 0.2) is 41.4 Å². The summed E-state index contributed by atoms with van der Waals surface area (Å²) >= 11 is 0. The third-order valence-electron chi connectivity index (χ3n) is 5.56. The van der Waals surface area contributed by atoms with Gasteiger partial charge in [0.05, 0.1) is 28.7 Å². The maximum atomic E-state index is 13.1. The molecule has 33 heavy (non-hydrogen) atoms. The van der Waals surface area contributed by atoms with Gasteiger partial charge in [0.2, 0.25) is 0 Å². The van der Waals surface area contributed by atoms with Crippen LogP contribution in [-0.2, 0) is 19.6 Å². The van der Waals surface area contributed by atoms with Crippen molar-refractivity contribution >= 4 is 33.5 Å². The van der Waals surface area contributed by atoms with Crippen molar-refractivity contribution < 1.29 is 27.9 Å².